The van der Waals surface area contributed by atoms with Gasteiger partial charge in [-0.05, 0) is 24.3 Å². The largest absolute Gasteiger partial charge is 0.325 e. The molecule has 0 saturated carbocycles. The Bertz CT molecular complexity index is 617. The van der Waals surface area contributed by atoms with Gasteiger partial charge in [0.05, 0.1) is 11.4 Å². The van der Waals surface area contributed by atoms with Crippen molar-refractivity contribution >= 4 is 11.6 Å². The standard InChI is InChI=1S/C13H11F2N3O/c14-9-1-2-12(11(15)6-9)18-13(19)8-3-4-17-10(5-8)7-16/h1-6H,7,16H2,(H,18,19). The molecule has 1 heterocycles. The predicted molar refractivity (Wildman–Crippen MR) is 66.4 cm³/mol. The van der Waals surface area contributed by atoms with Crippen LogP contribution in [0.5, 0.6) is 0 Å². The van der Waals surface area contributed by atoms with Crippen molar-refractivity contribution in [3.63, 3.8) is 0 Å². The summed E-state index contributed by atoms with van der Waals surface area (Å²) < 4.78 is 26.1. The van der Waals surface area contributed by atoms with Gasteiger partial charge in [-0.2, -0.15) is 0 Å². The highest BCUT2D eigenvalue weighted by Crippen LogP contribution is 2.16. The van der Waals surface area contributed by atoms with Crippen LogP contribution in [0.3, 0.4) is 0 Å². The molecule has 19 heavy (non-hydrogen) atoms. The Balaban J connectivity index is 2.20. The molecular formula is C13H11F2N3O. The number of nitrogens with one attached hydrogen (secondary N) is 1. The summed E-state index contributed by atoms with van der Waals surface area (Å²) in [4.78, 5) is 15.8. The highest BCUT2D eigenvalue weighted by molar-refractivity contribution is 6.04. The smallest absolute Gasteiger partial charge is 0.255 e. The molecule has 1 aromatic heterocycles. The molecule has 2 aromatic rings. The van der Waals surface area contributed by atoms with E-state index >= 15 is 0 Å². The molecule has 98 valence electrons. The quantitative estimate of drug-likeness (QED) is 0.890. The van der Waals surface area contributed by atoms with Crippen LogP contribution >= 0.6 is 0 Å². The predicted octanol–water partition coefficient (Wildman–Crippen LogP) is 2.07. The molecule has 0 aliphatic carbocycles. The number of rotatable bonds is 3. The number of nitrogens with zero attached hydrogens (tertiary/aromatic N) is 1. The number of carbonyl (C=O) groups is 1. The molecule has 0 atom stereocenters. The number of hydrogen-bond acceptors (Lipinski definition) is 3. The number of pyridine rings is 1. The zero-order chi connectivity index (χ0) is 13.8. The lowest BCUT2D eigenvalue weighted by Crippen LogP contribution is -2.14. The third kappa shape index (κ3) is 3.11. The van der Waals surface area contributed by atoms with E-state index in [0.717, 1.165) is 12.1 Å². The molecule has 3 N–H and O–H groups in total. The highest BCUT2D eigenvalue weighted by atomic mass is 19.1. The van der Waals surface area contributed by atoms with Crippen molar-refractivity contribution in [2.75, 3.05) is 5.32 Å². The first-order valence-electron chi connectivity index (χ1n) is 5.51. The molecule has 0 spiro atoms. The molecule has 0 aliphatic rings. The molecule has 0 fully saturated rings. The first kappa shape index (κ1) is 13.1. The molecule has 0 saturated heterocycles. The van der Waals surface area contributed by atoms with E-state index in [-0.39, 0.29) is 12.2 Å². The summed E-state index contributed by atoms with van der Waals surface area (Å²) in [7, 11) is 0. The minimum absolute atomic E-state index is 0.0856. The van der Waals surface area contributed by atoms with Crippen LogP contribution in [-0.2, 0) is 6.54 Å². The number of hydrogen-bond donors (Lipinski definition) is 2. The van der Waals surface area contributed by atoms with Crippen molar-refractivity contribution in [3.05, 3.63) is 59.4 Å². The average molecular weight is 263 g/mol. The monoisotopic (exact) mass is 263 g/mol. The number of amides is 1. The maximum Gasteiger partial charge on any atom is 0.255 e. The molecule has 6 heteroatoms. The SMILES string of the molecule is NCc1cc(C(=O)Nc2ccc(F)cc2F)ccn1. The topological polar surface area (TPSA) is 68.0 Å². The van der Waals surface area contributed by atoms with Crippen LogP contribution in [0.1, 0.15) is 16.1 Å². The second-order valence-corrected chi connectivity index (χ2v) is 3.82. The molecule has 2 rings (SSSR count). The lowest BCUT2D eigenvalue weighted by Gasteiger charge is -2.07. The van der Waals surface area contributed by atoms with E-state index in [0.29, 0.717) is 17.3 Å². The number of nitrogens with two attached hydrogens (primary N) is 1. The Kier molecular flexibility index (Phi) is 3.82. The lowest BCUT2D eigenvalue weighted by molar-refractivity contribution is 0.102. The second-order valence-electron chi connectivity index (χ2n) is 3.82. The van der Waals surface area contributed by atoms with Crippen molar-refractivity contribution in [1.82, 2.24) is 4.98 Å². The number of halogens is 2. The summed E-state index contributed by atoms with van der Waals surface area (Å²) in [5.74, 6) is -2.05. The van der Waals surface area contributed by atoms with E-state index < -0.39 is 17.5 Å². The maximum atomic E-state index is 13.4. The van der Waals surface area contributed by atoms with Crippen LogP contribution in [-0.4, -0.2) is 10.9 Å². The van der Waals surface area contributed by atoms with Crippen molar-refractivity contribution < 1.29 is 13.6 Å². The summed E-state index contributed by atoms with van der Waals surface area (Å²) in [5.41, 5.74) is 6.18. The van der Waals surface area contributed by atoms with E-state index in [9.17, 15) is 13.6 Å². The average Bonchev–Trinajstić information content (AvgIpc) is 2.42. The summed E-state index contributed by atoms with van der Waals surface area (Å²) in [6.45, 7) is 0.200. The molecule has 0 aliphatic heterocycles. The van der Waals surface area contributed by atoms with Crippen LogP contribution in [0, 0.1) is 11.6 Å². The second kappa shape index (κ2) is 5.53. The van der Waals surface area contributed by atoms with Crippen molar-refractivity contribution in [2.24, 2.45) is 5.73 Å². The third-order valence-electron chi connectivity index (χ3n) is 2.47. The van der Waals surface area contributed by atoms with E-state index in [4.69, 9.17) is 5.73 Å². The number of carbonyl (C=O) groups excluding carboxylic acids is 1. The Hall–Kier alpha value is -2.34. The number of anilines is 1. The Labute approximate surface area is 108 Å². The van der Waals surface area contributed by atoms with Gasteiger partial charge in [-0.15, -0.1) is 0 Å². The van der Waals surface area contributed by atoms with Gasteiger partial charge in [0.25, 0.3) is 5.91 Å². The number of benzene rings is 1. The maximum absolute atomic E-state index is 13.4. The van der Waals surface area contributed by atoms with Gasteiger partial charge in [-0.25, -0.2) is 8.78 Å². The van der Waals surface area contributed by atoms with Gasteiger partial charge < -0.3 is 11.1 Å². The van der Waals surface area contributed by atoms with Crippen LogP contribution in [0.4, 0.5) is 14.5 Å². The Morgan fingerprint density at radius 1 is 1.26 bits per heavy atom. The molecule has 0 bridgehead atoms. The highest BCUT2D eigenvalue weighted by Gasteiger charge is 2.10. The van der Waals surface area contributed by atoms with Gasteiger partial charge in [0.2, 0.25) is 0 Å². The molecule has 1 amide bonds. The molecule has 0 radical (unpaired) electrons. The van der Waals surface area contributed by atoms with E-state index in [1.807, 2.05) is 0 Å². The zero-order valence-corrected chi connectivity index (χ0v) is 9.86. The van der Waals surface area contributed by atoms with Gasteiger partial charge in [0.1, 0.15) is 11.6 Å². The van der Waals surface area contributed by atoms with Crippen LogP contribution in [0.25, 0.3) is 0 Å². The van der Waals surface area contributed by atoms with Gasteiger partial charge in [-0.1, -0.05) is 0 Å². The third-order valence-corrected chi connectivity index (χ3v) is 2.47. The van der Waals surface area contributed by atoms with E-state index in [1.54, 1.807) is 0 Å². The first-order valence-corrected chi connectivity index (χ1v) is 5.51. The van der Waals surface area contributed by atoms with Crippen LogP contribution < -0.4 is 11.1 Å². The molecular weight excluding hydrogens is 252 g/mol. The van der Waals surface area contributed by atoms with Crippen molar-refractivity contribution in [2.45, 2.75) is 6.54 Å². The summed E-state index contributed by atoms with van der Waals surface area (Å²) >= 11 is 0. The van der Waals surface area contributed by atoms with Crippen molar-refractivity contribution in [3.8, 4) is 0 Å². The fraction of sp³-hybridized carbons (Fsp3) is 0.0769. The first-order chi connectivity index (χ1) is 9.10. The summed E-state index contributed by atoms with van der Waals surface area (Å²) in [6.07, 6.45) is 1.44. The summed E-state index contributed by atoms with van der Waals surface area (Å²) in [6, 6.07) is 5.92. The lowest BCUT2D eigenvalue weighted by atomic mass is 10.2. The zero-order valence-electron chi connectivity index (χ0n) is 9.86. The van der Waals surface area contributed by atoms with Crippen LogP contribution in [0.2, 0.25) is 0 Å². The van der Waals surface area contributed by atoms with Gasteiger partial charge in [0, 0.05) is 24.4 Å². The fourth-order valence-corrected chi connectivity index (χ4v) is 1.52. The molecule has 0 unspecified atom stereocenters. The Morgan fingerprint density at radius 2 is 2.05 bits per heavy atom. The van der Waals surface area contributed by atoms with Crippen molar-refractivity contribution in [1.29, 1.82) is 0 Å². The normalized spacial score (nSPS) is 10.3. The van der Waals surface area contributed by atoms with Gasteiger partial charge >= 0.3 is 0 Å². The molecule has 4 nitrogen and oxygen atoms in total. The number of aromatic nitrogens is 1. The minimum atomic E-state index is -0.832. The fourth-order valence-electron chi connectivity index (χ4n) is 1.52. The van der Waals surface area contributed by atoms with Gasteiger partial charge in [0.15, 0.2) is 0 Å². The van der Waals surface area contributed by atoms with E-state index in [1.165, 1.54) is 18.3 Å². The summed E-state index contributed by atoms with van der Waals surface area (Å²) in [5, 5.41) is 2.36. The van der Waals surface area contributed by atoms with E-state index in [2.05, 4.69) is 10.3 Å². The van der Waals surface area contributed by atoms with Crippen LogP contribution in [0.15, 0.2) is 36.5 Å². The Morgan fingerprint density at radius 3 is 2.74 bits per heavy atom. The molecule has 1 aromatic carbocycles. The minimum Gasteiger partial charge on any atom is -0.325 e. The van der Waals surface area contributed by atoms with Gasteiger partial charge in [-0.3, -0.25) is 9.78 Å².